The fourth-order valence-corrected chi connectivity index (χ4v) is 4.92. The molecular weight excluding hydrogens is 352 g/mol. The summed E-state index contributed by atoms with van der Waals surface area (Å²) in [6.45, 7) is 1.89. The van der Waals surface area contributed by atoms with Gasteiger partial charge in [-0.3, -0.25) is 10.1 Å². The number of hydrogen-bond acceptors (Lipinski definition) is 4. The lowest BCUT2D eigenvalue weighted by molar-refractivity contribution is -0.387. The molecule has 0 spiro atoms. The average Bonchev–Trinajstić information content (AvgIpc) is 2.65. The van der Waals surface area contributed by atoms with Gasteiger partial charge >= 0.3 is 0 Å². The van der Waals surface area contributed by atoms with E-state index in [1.54, 1.807) is 0 Å². The number of sulfonamides is 1. The Labute approximate surface area is 153 Å². The quantitative estimate of drug-likeness (QED) is 0.613. The number of para-hydroxylation sites is 1. The molecule has 2 aromatic carbocycles. The summed E-state index contributed by atoms with van der Waals surface area (Å²) in [5.74, 6) is 0. The summed E-state index contributed by atoms with van der Waals surface area (Å²) in [4.78, 5) is 10.2. The minimum absolute atomic E-state index is 0.304. The Bertz CT molecular complexity index is 925. The number of nitrogens with one attached hydrogen (secondary N) is 1. The molecule has 0 saturated heterocycles. The molecule has 1 aliphatic rings. The molecule has 0 aliphatic heterocycles. The Hall–Kier alpha value is -2.25. The van der Waals surface area contributed by atoms with Crippen LogP contribution in [-0.4, -0.2) is 13.3 Å². The van der Waals surface area contributed by atoms with E-state index in [4.69, 9.17) is 0 Å². The Morgan fingerprint density at radius 3 is 2.50 bits per heavy atom. The van der Waals surface area contributed by atoms with E-state index in [-0.39, 0.29) is 4.90 Å². The van der Waals surface area contributed by atoms with Crippen LogP contribution in [0, 0.1) is 10.1 Å². The van der Waals surface area contributed by atoms with E-state index in [1.165, 1.54) is 41.8 Å². The number of nitrogens with zero attached hydrogens (tertiary/aromatic N) is 1. The summed E-state index contributed by atoms with van der Waals surface area (Å²) in [6.07, 6.45) is 4.96. The van der Waals surface area contributed by atoms with E-state index in [0.717, 1.165) is 24.8 Å². The summed E-state index contributed by atoms with van der Waals surface area (Å²) >= 11 is 0. The van der Waals surface area contributed by atoms with Gasteiger partial charge in [0.1, 0.15) is 0 Å². The smallest absolute Gasteiger partial charge is 0.258 e. The molecule has 3 rings (SSSR count). The number of benzene rings is 2. The summed E-state index contributed by atoms with van der Waals surface area (Å²) < 4.78 is 28.2. The van der Waals surface area contributed by atoms with Crippen molar-refractivity contribution in [2.45, 2.75) is 50.0 Å². The maximum Gasteiger partial charge on any atom is 0.289 e. The highest BCUT2D eigenvalue weighted by atomic mass is 32.2. The highest BCUT2D eigenvalue weighted by molar-refractivity contribution is 7.89. The van der Waals surface area contributed by atoms with Crippen molar-refractivity contribution < 1.29 is 13.3 Å². The Morgan fingerprint density at radius 1 is 1.12 bits per heavy atom. The standard InChI is InChI=1S/C19H22N2O4S/c1-2-17(16-12-11-14-7-3-4-8-15(14)13-16)20-26(24,25)19-10-6-5-9-18(19)21(22)23/h5-6,9-13,17,20H,2-4,7-8H2,1H3. The van der Waals surface area contributed by atoms with Gasteiger partial charge in [-0.2, -0.15) is 0 Å². The Kier molecular flexibility index (Phi) is 5.38. The summed E-state index contributed by atoms with van der Waals surface area (Å²) in [7, 11) is -4.01. The highest BCUT2D eigenvalue weighted by Crippen LogP contribution is 2.29. The molecule has 1 atom stereocenters. The van der Waals surface area contributed by atoms with Gasteiger partial charge in [0.05, 0.1) is 4.92 Å². The third-order valence-electron chi connectivity index (χ3n) is 4.83. The lowest BCUT2D eigenvalue weighted by Crippen LogP contribution is -2.29. The first kappa shape index (κ1) is 18.5. The Balaban J connectivity index is 1.92. The van der Waals surface area contributed by atoms with Crippen LogP contribution < -0.4 is 4.72 Å². The van der Waals surface area contributed by atoms with Crippen LogP contribution >= 0.6 is 0 Å². The topological polar surface area (TPSA) is 89.3 Å². The third kappa shape index (κ3) is 3.78. The maximum atomic E-state index is 12.8. The molecule has 1 unspecified atom stereocenters. The first-order valence-corrected chi connectivity index (χ1v) is 10.3. The van der Waals surface area contributed by atoms with Crippen molar-refractivity contribution in [3.63, 3.8) is 0 Å². The second-order valence-corrected chi connectivity index (χ2v) is 8.22. The fraction of sp³-hybridized carbons (Fsp3) is 0.368. The maximum absolute atomic E-state index is 12.8. The molecule has 138 valence electrons. The van der Waals surface area contributed by atoms with Gasteiger partial charge in [-0.25, -0.2) is 13.1 Å². The van der Waals surface area contributed by atoms with E-state index < -0.39 is 26.7 Å². The van der Waals surface area contributed by atoms with E-state index >= 15 is 0 Å². The van der Waals surface area contributed by atoms with Gasteiger partial charge in [0.25, 0.3) is 5.69 Å². The van der Waals surface area contributed by atoms with E-state index in [2.05, 4.69) is 16.9 Å². The zero-order valence-electron chi connectivity index (χ0n) is 14.6. The van der Waals surface area contributed by atoms with Crippen LogP contribution in [0.2, 0.25) is 0 Å². The van der Waals surface area contributed by atoms with Gasteiger partial charge < -0.3 is 0 Å². The highest BCUT2D eigenvalue weighted by Gasteiger charge is 2.28. The summed E-state index contributed by atoms with van der Waals surface area (Å²) in [5.41, 5.74) is 3.09. The fourth-order valence-electron chi connectivity index (χ4n) is 3.44. The van der Waals surface area contributed by atoms with Crippen molar-refractivity contribution >= 4 is 15.7 Å². The number of nitro benzene ring substituents is 1. The van der Waals surface area contributed by atoms with Crippen LogP contribution in [0.1, 0.15) is 48.9 Å². The van der Waals surface area contributed by atoms with Crippen LogP contribution in [0.3, 0.4) is 0 Å². The molecule has 0 saturated carbocycles. The second-order valence-electron chi connectivity index (χ2n) is 6.54. The third-order valence-corrected chi connectivity index (χ3v) is 6.35. The normalized spacial score (nSPS) is 15.3. The van der Waals surface area contributed by atoms with Crippen LogP contribution in [0.4, 0.5) is 5.69 Å². The molecule has 0 fully saturated rings. The minimum Gasteiger partial charge on any atom is -0.258 e. The van der Waals surface area contributed by atoms with Crippen molar-refractivity contribution in [2.75, 3.05) is 0 Å². The van der Waals surface area contributed by atoms with Gasteiger partial charge in [0, 0.05) is 12.1 Å². The lowest BCUT2D eigenvalue weighted by Gasteiger charge is -2.21. The molecule has 0 radical (unpaired) electrons. The first-order chi connectivity index (χ1) is 12.4. The predicted octanol–water partition coefficient (Wildman–Crippen LogP) is 3.90. The molecule has 0 amide bonds. The largest absolute Gasteiger partial charge is 0.289 e. The number of hydrogen-bond donors (Lipinski definition) is 1. The molecule has 2 aromatic rings. The second kappa shape index (κ2) is 7.55. The predicted molar refractivity (Wildman–Crippen MR) is 99.5 cm³/mol. The molecule has 6 nitrogen and oxygen atoms in total. The van der Waals surface area contributed by atoms with E-state index in [0.29, 0.717) is 6.42 Å². The zero-order valence-corrected chi connectivity index (χ0v) is 15.5. The van der Waals surface area contributed by atoms with Crippen LogP contribution in [0.15, 0.2) is 47.4 Å². The molecular formula is C19H22N2O4S. The van der Waals surface area contributed by atoms with E-state index in [9.17, 15) is 18.5 Å². The SMILES string of the molecule is CCC(NS(=O)(=O)c1ccccc1[N+](=O)[O-])c1ccc2c(c1)CCCC2. The van der Waals surface area contributed by atoms with Crippen LogP contribution in [-0.2, 0) is 22.9 Å². The molecule has 1 aliphatic carbocycles. The number of nitro groups is 1. The molecule has 7 heteroatoms. The first-order valence-electron chi connectivity index (χ1n) is 8.80. The van der Waals surface area contributed by atoms with Crippen molar-refractivity contribution in [2.24, 2.45) is 0 Å². The van der Waals surface area contributed by atoms with Crippen molar-refractivity contribution in [1.29, 1.82) is 0 Å². The molecule has 0 bridgehead atoms. The molecule has 1 N–H and O–H groups in total. The molecule has 26 heavy (non-hydrogen) atoms. The Morgan fingerprint density at radius 2 is 1.81 bits per heavy atom. The monoisotopic (exact) mass is 374 g/mol. The van der Waals surface area contributed by atoms with Gasteiger partial charge in [-0.1, -0.05) is 37.3 Å². The number of fused-ring (bicyclic) bond motifs is 1. The average molecular weight is 374 g/mol. The number of aryl methyl sites for hydroxylation is 2. The van der Waals surface area contributed by atoms with Crippen molar-refractivity contribution in [3.8, 4) is 0 Å². The van der Waals surface area contributed by atoms with Gasteiger partial charge in [0.15, 0.2) is 4.90 Å². The zero-order chi connectivity index (χ0) is 18.7. The summed E-state index contributed by atoms with van der Waals surface area (Å²) in [6, 6.07) is 11.1. The van der Waals surface area contributed by atoms with Crippen LogP contribution in [0.25, 0.3) is 0 Å². The van der Waals surface area contributed by atoms with Crippen molar-refractivity contribution in [3.05, 3.63) is 69.3 Å². The van der Waals surface area contributed by atoms with Gasteiger partial charge in [-0.05, 0) is 54.9 Å². The molecule has 0 aromatic heterocycles. The van der Waals surface area contributed by atoms with Gasteiger partial charge in [-0.15, -0.1) is 0 Å². The lowest BCUT2D eigenvalue weighted by atomic mass is 9.89. The molecule has 0 heterocycles. The number of rotatable bonds is 6. The minimum atomic E-state index is -4.01. The van der Waals surface area contributed by atoms with E-state index in [1.807, 2.05) is 13.0 Å². The van der Waals surface area contributed by atoms with Crippen molar-refractivity contribution in [1.82, 2.24) is 4.72 Å². The van der Waals surface area contributed by atoms with Gasteiger partial charge in [0.2, 0.25) is 10.0 Å². The summed E-state index contributed by atoms with van der Waals surface area (Å²) in [5, 5.41) is 11.2. The van der Waals surface area contributed by atoms with Crippen LogP contribution in [0.5, 0.6) is 0 Å².